The predicted molar refractivity (Wildman–Crippen MR) is 135 cm³/mol. The number of nitrogens with zero attached hydrogens (tertiary/aromatic N) is 2. The zero-order chi connectivity index (χ0) is 23.8. The molecule has 2 heterocycles. The Morgan fingerprint density at radius 2 is 1.54 bits per heavy atom. The van der Waals surface area contributed by atoms with Crippen molar-refractivity contribution in [1.29, 1.82) is 0 Å². The Kier molecular flexibility index (Phi) is 6.06. The Labute approximate surface area is 206 Å². The molecule has 2 amide bonds. The molecular weight excluding hydrogens is 438 g/mol. The van der Waals surface area contributed by atoms with Gasteiger partial charge in [-0.2, -0.15) is 0 Å². The molecule has 2 aromatic carbocycles. The first kappa shape index (κ1) is 22.4. The van der Waals surface area contributed by atoms with Gasteiger partial charge in [-0.1, -0.05) is 24.3 Å². The van der Waals surface area contributed by atoms with Gasteiger partial charge in [0.2, 0.25) is 0 Å². The van der Waals surface area contributed by atoms with E-state index < -0.39 is 0 Å². The van der Waals surface area contributed by atoms with Gasteiger partial charge >= 0.3 is 0 Å². The minimum absolute atomic E-state index is 0.0136. The lowest BCUT2D eigenvalue weighted by molar-refractivity contribution is -0.0458. The Morgan fingerprint density at radius 3 is 2.14 bits per heavy atom. The number of benzene rings is 2. The van der Waals surface area contributed by atoms with Crippen LogP contribution >= 0.6 is 0 Å². The van der Waals surface area contributed by atoms with Crippen LogP contribution in [0.1, 0.15) is 59.2 Å². The highest BCUT2D eigenvalue weighted by molar-refractivity contribution is 5.96. The highest BCUT2D eigenvalue weighted by Gasteiger charge is 2.33. The Morgan fingerprint density at radius 1 is 0.829 bits per heavy atom. The van der Waals surface area contributed by atoms with E-state index in [1.807, 2.05) is 53.4 Å². The van der Waals surface area contributed by atoms with Gasteiger partial charge in [-0.3, -0.25) is 9.59 Å². The van der Waals surface area contributed by atoms with E-state index >= 15 is 0 Å². The number of nitrogens with one attached hydrogen (secondary N) is 1. The molecule has 2 aliphatic carbocycles. The van der Waals surface area contributed by atoms with Crippen molar-refractivity contribution in [2.45, 2.75) is 50.7 Å². The maximum absolute atomic E-state index is 13.2. The van der Waals surface area contributed by atoms with Crippen LogP contribution < -0.4 is 5.32 Å². The number of carbonyl (C=O) groups is 2. The minimum Gasteiger partial charge on any atom is -0.372 e. The number of piperazine rings is 1. The molecule has 6 rings (SSSR count). The van der Waals surface area contributed by atoms with Gasteiger partial charge in [0.25, 0.3) is 11.8 Å². The summed E-state index contributed by atoms with van der Waals surface area (Å²) in [5, 5.41) is 3.04. The van der Waals surface area contributed by atoms with Gasteiger partial charge in [0.15, 0.2) is 0 Å². The Hall–Kier alpha value is -3.12. The topological polar surface area (TPSA) is 61.9 Å². The molecule has 6 heteroatoms. The van der Waals surface area contributed by atoms with Gasteiger partial charge in [0.1, 0.15) is 0 Å². The fourth-order valence-corrected chi connectivity index (χ4v) is 5.19. The molecule has 35 heavy (non-hydrogen) atoms. The third-order valence-electron chi connectivity index (χ3n) is 7.73. The number of rotatable bonds is 6. The zero-order valence-electron chi connectivity index (χ0n) is 20.2. The van der Waals surface area contributed by atoms with Gasteiger partial charge in [0, 0.05) is 55.5 Å². The highest BCUT2D eigenvalue weighted by Crippen LogP contribution is 2.36. The van der Waals surface area contributed by atoms with Gasteiger partial charge < -0.3 is 19.9 Å². The minimum atomic E-state index is -0.0136. The summed E-state index contributed by atoms with van der Waals surface area (Å²) in [5.41, 5.74) is 6.37. The lowest BCUT2D eigenvalue weighted by atomic mass is 9.87. The summed E-state index contributed by atoms with van der Waals surface area (Å²) in [5.74, 6) is 0.0757. The molecule has 2 saturated heterocycles. The van der Waals surface area contributed by atoms with Crippen LogP contribution in [0.4, 0.5) is 0 Å². The van der Waals surface area contributed by atoms with Crippen molar-refractivity contribution in [3.63, 3.8) is 0 Å². The van der Waals surface area contributed by atoms with Crippen LogP contribution in [0.3, 0.4) is 0 Å². The first-order valence-electron chi connectivity index (χ1n) is 13.0. The normalized spacial score (nSPS) is 21.7. The number of amides is 2. The van der Waals surface area contributed by atoms with E-state index in [2.05, 4.69) is 10.2 Å². The first-order valence-corrected chi connectivity index (χ1v) is 13.0. The average molecular weight is 472 g/mol. The summed E-state index contributed by atoms with van der Waals surface area (Å²) in [4.78, 5) is 30.0. The molecule has 0 bridgehead atoms. The molecule has 0 radical (unpaired) electrons. The summed E-state index contributed by atoms with van der Waals surface area (Å²) >= 11 is 0. The maximum Gasteiger partial charge on any atom is 0.253 e. The number of allylic oxidation sites excluding steroid dienone is 1. The van der Waals surface area contributed by atoms with Crippen LogP contribution in [0.5, 0.6) is 0 Å². The van der Waals surface area contributed by atoms with Crippen LogP contribution in [0.2, 0.25) is 0 Å². The van der Waals surface area contributed by atoms with Crippen molar-refractivity contribution in [2.75, 3.05) is 32.8 Å². The van der Waals surface area contributed by atoms with E-state index in [0.29, 0.717) is 17.2 Å². The van der Waals surface area contributed by atoms with Crippen molar-refractivity contribution in [1.82, 2.24) is 15.1 Å². The summed E-state index contributed by atoms with van der Waals surface area (Å²) in [6.45, 7) is 4.09. The lowest BCUT2D eigenvalue weighted by Gasteiger charge is -2.44. The molecule has 0 aromatic heterocycles. The largest absolute Gasteiger partial charge is 0.372 e. The van der Waals surface area contributed by atoms with Crippen molar-refractivity contribution in [3.8, 4) is 11.1 Å². The second-order valence-electron chi connectivity index (χ2n) is 10.2. The molecule has 4 fully saturated rings. The number of carbonyl (C=O) groups excluding carboxylic acids is 2. The van der Waals surface area contributed by atoms with E-state index in [4.69, 9.17) is 4.74 Å². The van der Waals surface area contributed by atoms with Crippen molar-refractivity contribution in [3.05, 3.63) is 70.9 Å². The molecule has 1 unspecified atom stereocenters. The van der Waals surface area contributed by atoms with E-state index in [1.165, 1.54) is 25.0 Å². The molecule has 0 spiro atoms. The number of hydrogen-bond donors (Lipinski definition) is 1. The summed E-state index contributed by atoms with van der Waals surface area (Å²) in [7, 11) is 0. The summed E-state index contributed by atoms with van der Waals surface area (Å²) in [6, 6.07) is 15.8. The Bertz CT molecular complexity index is 1130. The second kappa shape index (κ2) is 9.50. The summed E-state index contributed by atoms with van der Waals surface area (Å²) in [6.07, 6.45) is 7.24. The third-order valence-corrected chi connectivity index (χ3v) is 7.73. The van der Waals surface area contributed by atoms with Crippen LogP contribution in [0.25, 0.3) is 11.1 Å². The van der Waals surface area contributed by atoms with Crippen molar-refractivity contribution in [2.24, 2.45) is 0 Å². The summed E-state index contributed by atoms with van der Waals surface area (Å²) < 4.78 is 5.83. The fourth-order valence-electron chi connectivity index (χ4n) is 5.19. The van der Waals surface area contributed by atoms with Gasteiger partial charge in [0.05, 0.1) is 12.7 Å². The third kappa shape index (κ3) is 4.72. The highest BCUT2D eigenvalue weighted by atomic mass is 16.5. The van der Waals surface area contributed by atoms with Crippen LogP contribution in [-0.2, 0) is 4.74 Å². The standard InChI is InChI=1S/C29H33N3O3/c33-28(30-25-11-12-25)24-6-2-5-23(19-24)20-7-9-22(10-8-20)29(34)32-16-14-31(15-17-32)27(21-3-1-4-21)26-13-18-35-26/h2,5-10,19,25-26H,1,3-4,11-18H2,(H,30,33). The van der Waals surface area contributed by atoms with Crippen molar-refractivity contribution < 1.29 is 14.3 Å². The van der Waals surface area contributed by atoms with Crippen LogP contribution in [0.15, 0.2) is 59.8 Å². The van der Waals surface area contributed by atoms with E-state index in [1.54, 1.807) is 5.57 Å². The zero-order valence-corrected chi connectivity index (χ0v) is 20.2. The SMILES string of the molecule is O=C(NC1CC1)c1cccc(-c2ccc(C(=O)N3CCN(C(=C4CCC4)C4CCO4)CC3)cc2)c1. The molecule has 6 nitrogen and oxygen atoms in total. The Balaban J connectivity index is 1.09. The lowest BCUT2D eigenvalue weighted by Crippen LogP contribution is -2.51. The molecule has 4 aliphatic rings. The molecule has 2 aliphatic heterocycles. The van der Waals surface area contributed by atoms with Crippen LogP contribution in [-0.4, -0.2) is 66.5 Å². The molecule has 1 N–H and O–H groups in total. The first-order chi connectivity index (χ1) is 17.2. The molecular formula is C29H33N3O3. The number of ether oxygens (including phenoxy) is 1. The molecule has 182 valence electrons. The van der Waals surface area contributed by atoms with Crippen LogP contribution in [0, 0.1) is 0 Å². The van der Waals surface area contributed by atoms with Crippen molar-refractivity contribution >= 4 is 11.8 Å². The molecule has 2 saturated carbocycles. The second-order valence-corrected chi connectivity index (χ2v) is 10.2. The average Bonchev–Trinajstić information content (AvgIpc) is 3.65. The molecule has 1 atom stereocenters. The smallest absolute Gasteiger partial charge is 0.253 e. The number of hydrogen-bond acceptors (Lipinski definition) is 4. The van der Waals surface area contributed by atoms with E-state index in [-0.39, 0.29) is 17.9 Å². The van der Waals surface area contributed by atoms with E-state index in [9.17, 15) is 9.59 Å². The quantitative estimate of drug-likeness (QED) is 0.685. The maximum atomic E-state index is 13.2. The van der Waals surface area contributed by atoms with Gasteiger partial charge in [-0.05, 0) is 73.1 Å². The van der Waals surface area contributed by atoms with Gasteiger partial charge in [-0.25, -0.2) is 0 Å². The molecule has 2 aromatic rings. The monoisotopic (exact) mass is 471 g/mol. The fraction of sp³-hybridized carbons (Fsp3) is 0.448. The predicted octanol–water partition coefficient (Wildman–Crippen LogP) is 4.23. The van der Waals surface area contributed by atoms with E-state index in [0.717, 1.165) is 63.2 Å². The van der Waals surface area contributed by atoms with Gasteiger partial charge in [-0.15, -0.1) is 0 Å².